The molecule has 1 aromatic rings. The minimum absolute atomic E-state index is 0.000514. The molecule has 1 amide bonds. The standard InChI is InChI=1S/C13H21N5OS/c1-17(9-3-2-4-9)12(19)10-11(15)16-13(20-10)18-6-5-8(14)7-18/h8-9H,2-7,14-15H2,1H3. The zero-order valence-electron chi connectivity index (χ0n) is 11.7. The number of nitrogen functional groups attached to an aromatic ring is 1. The van der Waals surface area contributed by atoms with Gasteiger partial charge in [0.25, 0.3) is 5.91 Å². The highest BCUT2D eigenvalue weighted by atomic mass is 32.1. The van der Waals surface area contributed by atoms with Gasteiger partial charge in [-0.2, -0.15) is 0 Å². The van der Waals surface area contributed by atoms with Crippen molar-refractivity contribution in [3.05, 3.63) is 4.88 Å². The molecule has 1 unspecified atom stereocenters. The summed E-state index contributed by atoms with van der Waals surface area (Å²) < 4.78 is 0. The molecular formula is C13H21N5OS. The number of anilines is 2. The van der Waals surface area contributed by atoms with E-state index in [1.54, 1.807) is 0 Å². The lowest BCUT2D eigenvalue weighted by Crippen LogP contribution is -2.41. The van der Waals surface area contributed by atoms with Crippen LogP contribution in [0, 0.1) is 0 Å². The fourth-order valence-electron chi connectivity index (χ4n) is 2.67. The third-order valence-electron chi connectivity index (χ3n) is 4.27. The molecule has 110 valence electrons. The summed E-state index contributed by atoms with van der Waals surface area (Å²) in [5, 5.41) is 0.820. The summed E-state index contributed by atoms with van der Waals surface area (Å²) in [7, 11) is 1.86. The number of thiazole rings is 1. The number of amides is 1. The first-order valence-corrected chi connectivity index (χ1v) is 7.92. The molecule has 20 heavy (non-hydrogen) atoms. The molecule has 1 saturated heterocycles. The molecule has 0 aromatic carbocycles. The second kappa shape index (κ2) is 5.21. The molecule has 6 nitrogen and oxygen atoms in total. The summed E-state index contributed by atoms with van der Waals surface area (Å²) in [5.41, 5.74) is 11.8. The Hall–Kier alpha value is -1.34. The lowest BCUT2D eigenvalue weighted by atomic mass is 9.92. The average Bonchev–Trinajstić information content (AvgIpc) is 2.92. The Morgan fingerprint density at radius 3 is 2.75 bits per heavy atom. The van der Waals surface area contributed by atoms with Gasteiger partial charge in [-0.25, -0.2) is 4.98 Å². The number of hydrogen-bond acceptors (Lipinski definition) is 6. The summed E-state index contributed by atoms with van der Waals surface area (Å²) in [6.07, 6.45) is 4.35. The highest BCUT2D eigenvalue weighted by molar-refractivity contribution is 7.18. The van der Waals surface area contributed by atoms with Gasteiger partial charge in [-0.15, -0.1) is 0 Å². The molecule has 2 aliphatic rings. The van der Waals surface area contributed by atoms with E-state index in [2.05, 4.69) is 9.88 Å². The first kappa shape index (κ1) is 13.6. The maximum atomic E-state index is 12.5. The third kappa shape index (κ3) is 2.35. The Morgan fingerprint density at radius 1 is 1.45 bits per heavy atom. The fourth-order valence-corrected chi connectivity index (χ4v) is 3.67. The summed E-state index contributed by atoms with van der Waals surface area (Å²) in [5.74, 6) is 0.348. The highest BCUT2D eigenvalue weighted by Gasteiger charge is 2.30. The summed E-state index contributed by atoms with van der Waals surface area (Å²) in [6, 6.07) is 0.560. The van der Waals surface area contributed by atoms with Crippen molar-refractivity contribution in [2.45, 2.75) is 37.8 Å². The Morgan fingerprint density at radius 2 is 2.20 bits per heavy atom. The molecule has 3 rings (SSSR count). The zero-order chi connectivity index (χ0) is 14.3. The van der Waals surface area contributed by atoms with Crippen LogP contribution in [0.1, 0.15) is 35.4 Å². The van der Waals surface area contributed by atoms with Crippen molar-refractivity contribution >= 4 is 28.2 Å². The Labute approximate surface area is 122 Å². The predicted molar refractivity (Wildman–Crippen MR) is 81.1 cm³/mol. The SMILES string of the molecule is CN(C(=O)c1sc(N2CCC(N)C2)nc1N)C1CCC1. The Balaban J connectivity index is 1.76. The van der Waals surface area contributed by atoms with E-state index in [-0.39, 0.29) is 11.9 Å². The molecule has 2 heterocycles. The van der Waals surface area contributed by atoms with Crippen LogP contribution >= 0.6 is 11.3 Å². The van der Waals surface area contributed by atoms with Gasteiger partial charge in [0, 0.05) is 32.2 Å². The summed E-state index contributed by atoms with van der Waals surface area (Å²) in [6.45, 7) is 1.68. The second-order valence-corrected chi connectivity index (χ2v) is 6.68. The van der Waals surface area contributed by atoms with E-state index in [0.29, 0.717) is 16.7 Å². The first-order valence-electron chi connectivity index (χ1n) is 7.10. The van der Waals surface area contributed by atoms with Gasteiger partial charge in [0.1, 0.15) is 10.7 Å². The minimum Gasteiger partial charge on any atom is -0.382 e. The van der Waals surface area contributed by atoms with Crippen LogP contribution in [0.5, 0.6) is 0 Å². The summed E-state index contributed by atoms with van der Waals surface area (Å²) >= 11 is 1.39. The van der Waals surface area contributed by atoms with Gasteiger partial charge in [-0.05, 0) is 25.7 Å². The minimum atomic E-state index is -0.000514. The number of rotatable bonds is 3. The van der Waals surface area contributed by atoms with Crippen LogP contribution in [0.3, 0.4) is 0 Å². The zero-order valence-corrected chi connectivity index (χ0v) is 12.5. The second-order valence-electron chi connectivity index (χ2n) is 5.71. The lowest BCUT2D eigenvalue weighted by molar-refractivity contribution is 0.0658. The molecule has 0 spiro atoms. The van der Waals surface area contributed by atoms with Gasteiger partial charge in [0.2, 0.25) is 0 Å². The summed E-state index contributed by atoms with van der Waals surface area (Å²) in [4.78, 5) is 21.3. The molecule has 1 aliphatic carbocycles. The molecular weight excluding hydrogens is 274 g/mol. The molecule has 4 N–H and O–H groups in total. The smallest absolute Gasteiger partial charge is 0.267 e. The number of carbonyl (C=O) groups is 1. The van der Waals surface area contributed by atoms with Crippen molar-refractivity contribution in [1.82, 2.24) is 9.88 Å². The number of aromatic nitrogens is 1. The van der Waals surface area contributed by atoms with Crippen LogP contribution in [-0.2, 0) is 0 Å². The van der Waals surface area contributed by atoms with E-state index in [9.17, 15) is 4.79 Å². The van der Waals surface area contributed by atoms with Crippen LogP contribution in [0.2, 0.25) is 0 Å². The topological polar surface area (TPSA) is 88.5 Å². The van der Waals surface area contributed by atoms with E-state index in [4.69, 9.17) is 11.5 Å². The first-order chi connectivity index (χ1) is 9.56. The van der Waals surface area contributed by atoms with Crippen LogP contribution in [0.25, 0.3) is 0 Å². The maximum Gasteiger partial charge on any atom is 0.267 e. The van der Waals surface area contributed by atoms with E-state index >= 15 is 0 Å². The van der Waals surface area contributed by atoms with E-state index in [0.717, 1.165) is 37.5 Å². The van der Waals surface area contributed by atoms with Gasteiger partial charge in [0.15, 0.2) is 5.13 Å². The number of nitrogens with zero attached hydrogens (tertiary/aromatic N) is 3. The fraction of sp³-hybridized carbons (Fsp3) is 0.692. The normalized spacial score (nSPS) is 22.9. The number of nitrogens with two attached hydrogens (primary N) is 2. The van der Waals surface area contributed by atoms with Gasteiger partial charge in [-0.3, -0.25) is 4.79 Å². The van der Waals surface area contributed by atoms with Crippen molar-refractivity contribution in [3.63, 3.8) is 0 Å². The molecule has 1 aromatic heterocycles. The van der Waals surface area contributed by atoms with Crippen LogP contribution < -0.4 is 16.4 Å². The monoisotopic (exact) mass is 295 g/mol. The molecule has 1 saturated carbocycles. The molecule has 7 heteroatoms. The lowest BCUT2D eigenvalue weighted by Gasteiger charge is -2.34. The largest absolute Gasteiger partial charge is 0.382 e. The van der Waals surface area contributed by atoms with Gasteiger partial charge >= 0.3 is 0 Å². The van der Waals surface area contributed by atoms with E-state index in [1.807, 2.05) is 11.9 Å². The Kier molecular flexibility index (Phi) is 3.55. The van der Waals surface area contributed by atoms with Gasteiger partial charge in [-0.1, -0.05) is 11.3 Å². The third-order valence-corrected chi connectivity index (χ3v) is 5.39. The predicted octanol–water partition coefficient (Wildman–Crippen LogP) is 0.887. The average molecular weight is 295 g/mol. The number of hydrogen-bond donors (Lipinski definition) is 2. The Bertz CT molecular complexity index is 513. The van der Waals surface area contributed by atoms with Crippen molar-refractivity contribution in [2.75, 3.05) is 30.8 Å². The molecule has 2 fully saturated rings. The van der Waals surface area contributed by atoms with Crippen molar-refractivity contribution in [2.24, 2.45) is 5.73 Å². The number of carbonyl (C=O) groups excluding carboxylic acids is 1. The molecule has 0 bridgehead atoms. The quantitative estimate of drug-likeness (QED) is 0.864. The van der Waals surface area contributed by atoms with Gasteiger partial charge in [0.05, 0.1) is 0 Å². The van der Waals surface area contributed by atoms with Crippen LogP contribution in [0.4, 0.5) is 10.9 Å². The molecule has 1 atom stereocenters. The van der Waals surface area contributed by atoms with Crippen LogP contribution in [-0.4, -0.2) is 48.0 Å². The maximum absolute atomic E-state index is 12.5. The van der Waals surface area contributed by atoms with E-state index in [1.165, 1.54) is 17.8 Å². The van der Waals surface area contributed by atoms with Crippen LogP contribution in [0.15, 0.2) is 0 Å². The van der Waals surface area contributed by atoms with E-state index < -0.39 is 0 Å². The highest BCUT2D eigenvalue weighted by Crippen LogP contribution is 2.33. The van der Waals surface area contributed by atoms with Crippen molar-refractivity contribution in [3.8, 4) is 0 Å². The van der Waals surface area contributed by atoms with Gasteiger partial charge < -0.3 is 21.3 Å². The van der Waals surface area contributed by atoms with Crippen molar-refractivity contribution in [1.29, 1.82) is 0 Å². The van der Waals surface area contributed by atoms with Crippen molar-refractivity contribution < 1.29 is 4.79 Å². The molecule has 0 radical (unpaired) electrons. The molecule has 1 aliphatic heterocycles.